The number of ether oxygens (including phenoxy) is 1. The van der Waals surface area contributed by atoms with Crippen LogP contribution in [0.2, 0.25) is 0 Å². The van der Waals surface area contributed by atoms with Gasteiger partial charge in [0.1, 0.15) is 5.75 Å². The van der Waals surface area contributed by atoms with Crippen molar-refractivity contribution in [3.05, 3.63) is 54.4 Å². The van der Waals surface area contributed by atoms with Crippen LogP contribution in [0.15, 0.2) is 48.8 Å². The molecule has 2 aromatic rings. The van der Waals surface area contributed by atoms with E-state index in [0.717, 1.165) is 0 Å². The van der Waals surface area contributed by atoms with Crippen molar-refractivity contribution in [2.75, 3.05) is 11.9 Å². The Labute approximate surface area is 110 Å². The minimum absolute atomic E-state index is 0.0964. The molecule has 5 heteroatoms. The van der Waals surface area contributed by atoms with Crippen molar-refractivity contribution in [3.8, 4) is 11.8 Å². The second-order valence-corrected chi connectivity index (χ2v) is 3.71. The quantitative estimate of drug-likeness (QED) is 0.903. The Kier molecular flexibility index (Phi) is 4.09. The number of anilines is 1. The fourth-order valence-electron chi connectivity index (χ4n) is 1.41. The first kappa shape index (κ1) is 12.6. The number of hydrogen-bond acceptors (Lipinski definition) is 4. The van der Waals surface area contributed by atoms with Gasteiger partial charge in [-0.1, -0.05) is 0 Å². The Morgan fingerprint density at radius 2 is 2.11 bits per heavy atom. The first-order chi connectivity index (χ1) is 9.28. The number of nitriles is 1. The molecule has 2 rings (SSSR count). The lowest BCUT2D eigenvalue weighted by atomic mass is 10.2. The van der Waals surface area contributed by atoms with Crippen LogP contribution in [-0.4, -0.2) is 17.5 Å². The molecule has 0 saturated heterocycles. The second-order valence-electron chi connectivity index (χ2n) is 3.71. The van der Waals surface area contributed by atoms with Crippen molar-refractivity contribution >= 4 is 11.6 Å². The van der Waals surface area contributed by atoms with Crippen molar-refractivity contribution < 1.29 is 9.53 Å². The zero-order valence-electron chi connectivity index (χ0n) is 10.0. The maximum absolute atomic E-state index is 11.6. The average molecular weight is 253 g/mol. The zero-order chi connectivity index (χ0) is 13.5. The van der Waals surface area contributed by atoms with Crippen LogP contribution in [0.4, 0.5) is 5.69 Å². The highest BCUT2D eigenvalue weighted by Gasteiger charge is 2.03. The van der Waals surface area contributed by atoms with Gasteiger partial charge in [-0.15, -0.1) is 0 Å². The highest BCUT2D eigenvalue weighted by Crippen LogP contribution is 2.11. The maximum Gasteiger partial charge on any atom is 0.262 e. The van der Waals surface area contributed by atoms with E-state index in [2.05, 4.69) is 10.3 Å². The standard InChI is InChI=1S/C14H11N3O2/c15-8-11-3-5-13(6-4-11)19-10-14(18)17-12-2-1-7-16-9-12/h1-7,9H,10H2,(H,17,18). The molecule has 1 N–H and O–H groups in total. The van der Waals surface area contributed by atoms with Crippen molar-refractivity contribution in [1.82, 2.24) is 4.98 Å². The van der Waals surface area contributed by atoms with E-state index in [1.807, 2.05) is 6.07 Å². The van der Waals surface area contributed by atoms with E-state index in [0.29, 0.717) is 17.0 Å². The molecule has 94 valence electrons. The van der Waals surface area contributed by atoms with Crippen molar-refractivity contribution in [2.24, 2.45) is 0 Å². The molecule has 0 aliphatic rings. The Balaban J connectivity index is 1.85. The molecule has 0 radical (unpaired) electrons. The number of pyridine rings is 1. The lowest BCUT2D eigenvalue weighted by molar-refractivity contribution is -0.118. The van der Waals surface area contributed by atoms with E-state index in [9.17, 15) is 4.79 Å². The molecule has 5 nitrogen and oxygen atoms in total. The van der Waals surface area contributed by atoms with Gasteiger partial charge >= 0.3 is 0 Å². The number of amides is 1. The van der Waals surface area contributed by atoms with E-state index >= 15 is 0 Å². The van der Waals surface area contributed by atoms with E-state index in [4.69, 9.17) is 10.00 Å². The summed E-state index contributed by atoms with van der Waals surface area (Å²) in [4.78, 5) is 15.5. The fourth-order valence-corrected chi connectivity index (χ4v) is 1.41. The summed E-state index contributed by atoms with van der Waals surface area (Å²) < 4.78 is 5.30. The molecule has 0 fully saturated rings. The summed E-state index contributed by atoms with van der Waals surface area (Å²) >= 11 is 0. The van der Waals surface area contributed by atoms with Gasteiger partial charge in [0, 0.05) is 6.20 Å². The van der Waals surface area contributed by atoms with E-state index in [-0.39, 0.29) is 12.5 Å². The third-order valence-corrected chi connectivity index (χ3v) is 2.30. The number of carbonyl (C=O) groups is 1. The van der Waals surface area contributed by atoms with Gasteiger partial charge in [0.2, 0.25) is 0 Å². The molecule has 0 unspecified atom stereocenters. The predicted octanol–water partition coefficient (Wildman–Crippen LogP) is 1.97. The first-order valence-electron chi connectivity index (χ1n) is 5.61. The summed E-state index contributed by atoms with van der Waals surface area (Å²) in [5.74, 6) is 0.276. The minimum atomic E-state index is -0.266. The van der Waals surface area contributed by atoms with Crippen LogP contribution in [0.5, 0.6) is 5.75 Å². The summed E-state index contributed by atoms with van der Waals surface area (Å²) in [6.07, 6.45) is 3.18. The van der Waals surface area contributed by atoms with E-state index in [1.165, 1.54) is 0 Å². The normalized spacial score (nSPS) is 9.42. The Hall–Kier alpha value is -2.87. The van der Waals surface area contributed by atoms with Gasteiger partial charge < -0.3 is 10.1 Å². The van der Waals surface area contributed by atoms with Gasteiger partial charge in [0.25, 0.3) is 5.91 Å². The molecule has 1 aromatic carbocycles. The predicted molar refractivity (Wildman–Crippen MR) is 69.5 cm³/mol. The first-order valence-corrected chi connectivity index (χ1v) is 5.61. The Morgan fingerprint density at radius 3 is 2.74 bits per heavy atom. The zero-order valence-corrected chi connectivity index (χ0v) is 10.0. The smallest absolute Gasteiger partial charge is 0.262 e. The van der Waals surface area contributed by atoms with Crippen LogP contribution in [0, 0.1) is 11.3 Å². The topological polar surface area (TPSA) is 75.0 Å². The van der Waals surface area contributed by atoms with E-state index in [1.54, 1.807) is 48.8 Å². The summed E-state index contributed by atoms with van der Waals surface area (Å²) in [5, 5.41) is 11.3. The lowest BCUT2D eigenvalue weighted by Gasteiger charge is -2.07. The number of nitrogens with zero attached hydrogens (tertiary/aromatic N) is 2. The van der Waals surface area contributed by atoms with Crippen molar-refractivity contribution in [1.29, 1.82) is 5.26 Å². The van der Waals surface area contributed by atoms with Gasteiger partial charge in [-0.3, -0.25) is 9.78 Å². The van der Waals surface area contributed by atoms with Crippen molar-refractivity contribution in [3.63, 3.8) is 0 Å². The Bertz CT molecular complexity index is 588. The molecule has 1 aromatic heterocycles. The van der Waals surface area contributed by atoms with Crippen LogP contribution in [0.3, 0.4) is 0 Å². The third-order valence-electron chi connectivity index (χ3n) is 2.30. The highest BCUT2D eigenvalue weighted by molar-refractivity contribution is 5.91. The molecule has 0 aliphatic carbocycles. The summed E-state index contributed by atoms with van der Waals surface area (Å²) in [6.45, 7) is -0.0964. The molecule has 19 heavy (non-hydrogen) atoms. The molecule has 1 amide bonds. The van der Waals surface area contributed by atoms with Crippen molar-refractivity contribution in [2.45, 2.75) is 0 Å². The molecule has 0 saturated carbocycles. The molecule has 0 atom stereocenters. The number of carbonyl (C=O) groups excluding carboxylic acids is 1. The number of rotatable bonds is 4. The van der Waals surface area contributed by atoms with Gasteiger partial charge in [0.15, 0.2) is 6.61 Å². The molecule has 1 heterocycles. The molecule has 0 bridgehead atoms. The van der Waals surface area contributed by atoms with E-state index < -0.39 is 0 Å². The third kappa shape index (κ3) is 3.82. The average Bonchev–Trinajstić information content (AvgIpc) is 2.47. The molecule has 0 aliphatic heterocycles. The Morgan fingerprint density at radius 1 is 1.32 bits per heavy atom. The summed E-state index contributed by atoms with van der Waals surface area (Å²) in [6, 6.07) is 12.0. The van der Waals surface area contributed by atoms with Gasteiger partial charge in [-0.25, -0.2) is 0 Å². The number of hydrogen-bond donors (Lipinski definition) is 1. The summed E-state index contributed by atoms with van der Waals surface area (Å²) in [7, 11) is 0. The number of benzene rings is 1. The number of nitrogens with one attached hydrogen (secondary N) is 1. The summed E-state index contributed by atoms with van der Waals surface area (Å²) in [5.41, 5.74) is 1.17. The number of aromatic nitrogens is 1. The molecular weight excluding hydrogens is 242 g/mol. The van der Waals surface area contributed by atoms with Crippen LogP contribution in [0.1, 0.15) is 5.56 Å². The van der Waals surface area contributed by atoms with Gasteiger partial charge in [0.05, 0.1) is 23.5 Å². The van der Waals surface area contributed by atoms with Crippen LogP contribution in [-0.2, 0) is 4.79 Å². The SMILES string of the molecule is N#Cc1ccc(OCC(=O)Nc2cccnc2)cc1. The fraction of sp³-hybridized carbons (Fsp3) is 0.0714. The monoisotopic (exact) mass is 253 g/mol. The van der Waals surface area contributed by atoms with Gasteiger partial charge in [-0.2, -0.15) is 5.26 Å². The lowest BCUT2D eigenvalue weighted by Crippen LogP contribution is -2.20. The van der Waals surface area contributed by atoms with Gasteiger partial charge in [-0.05, 0) is 36.4 Å². The molecule has 0 spiro atoms. The van der Waals surface area contributed by atoms with Crippen LogP contribution >= 0.6 is 0 Å². The largest absolute Gasteiger partial charge is 0.484 e. The second kappa shape index (κ2) is 6.17. The van der Waals surface area contributed by atoms with Crippen LogP contribution in [0.25, 0.3) is 0 Å². The maximum atomic E-state index is 11.6. The van der Waals surface area contributed by atoms with Crippen LogP contribution < -0.4 is 10.1 Å². The highest BCUT2D eigenvalue weighted by atomic mass is 16.5. The molecular formula is C14H11N3O2. The minimum Gasteiger partial charge on any atom is -0.484 e.